The van der Waals surface area contributed by atoms with E-state index in [0.717, 1.165) is 6.92 Å². The van der Waals surface area contributed by atoms with Crippen LogP contribution in [-0.4, -0.2) is 32.0 Å². The molecule has 12 heteroatoms. The Morgan fingerprint density at radius 3 is 2.08 bits per heavy atom. The highest BCUT2D eigenvalue weighted by molar-refractivity contribution is 6.11. The molecule has 0 bridgehead atoms. The van der Waals surface area contributed by atoms with Gasteiger partial charge in [0.1, 0.15) is 5.58 Å². The molecule has 3 aromatic carbocycles. The fourth-order valence-corrected chi connectivity index (χ4v) is 3.79. The van der Waals surface area contributed by atoms with Crippen LogP contribution >= 0.6 is 0 Å². The van der Waals surface area contributed by atoms with Gasteiger partial charge < -0.3 is 23.9 Å². The average molecular weight is 549 g/mol. The lowest BCUT2D eigenvalue weighted by atomic mass is 10.0. The largest absolute Gasteiger partial charge is 0.493 e. The number of hydrogen-bond donors (Lipinski definition) is 1. The highest BCUT2D eigenvalue weighted by Gasteiger charge is 2.29. The molecular weight excluding hydrogens is 529 g/mol. The molecule has 0 fully saturated rings. The maximum atomic E-state index is 13.9. The molecule has 1 heterocycles. The van der Waals surface area contributed by atoms with Crippen molar-refractivity contribution < 1.29 is 50.2 Å². The molecule has 0 aliphatic rings. The highest BCUT2D eigenvalue weighted by Crippen LogP contribution is 2.33. The van der Waals surface area contributed by atoms with Crippen LogP contribution in [0.5, 0.6) is 17.2 Å². The minimum atomic E-state index is -2.35. The van der Waals surface area contributed by atoms with E-state index in [2.05, 4.69) is 5.32 Å². The summed E-state index contributed by atoms with van der Waals surface area (Å²) < 4.78 is 88.9. The molecule has 1 N–H and O–H groups in total. The smallest absolute Gasteiger partial charge is 0.265 e. The Labute approximate surface area is 218 Å². The van der Waals surface area contributed by atoms with E-state index in [1.807, 2.05) is 0 Å². The van der Waals surface area contributed by atoms with Gasteiger partial charge in [0, 0.05) is 22.2 Å². The van der Waals surface area contributed by atoms with E-state index in [4.69, 9.17) is 18.6 Å². The van der Waals surface area contributed by atoms with Crippen LogP contribution in [0, 0.1) is 36.0 Å². The minimum Gasteiger partial charge on any atom is -0.493 e. The van der Waals surface area contributed by atoms with Gasteiger partial charge in [-0.1, -0.05) is 0 Å². The first kappa shape index (κ1) is 27.4. The van der Waals surface area contributed by atoms with Crippen molar-refractivity contribution in [2.75, 3.05) is 19.5 Å². The second-order valence-electron chi connectivity index (χ2n) is 8.31. The molecule has 0 saturated heterocycles. The Balaban J connectivity index is 1.56. The molecule has 1 aromatic heterocycles. The molecular formula is C27H20F5NO6. The zero-order valence-corrected chi connectivity index (χ0v) is 20.9. The van der Waals surface area contributed by atoms with Gasteiger partial charge in [0.25, 0.3) is 5.91 Å². The number of carbonyl (C=O) groups excluding carboxylic acids is 2. The van der Waals surface area contributed by atoms with Crippen molar-refractivity contribution in [2.45, 2.75) is 20.0 Å². The standard InChI is InChI=1S/C27H20F5NO6/c1-11-15-10-14(33-27(35)12(2)38-26-22(31)20(29)19(28)21(30)23(26)32)6-8-16(15)39-25(11)24(34)13-5-7-17(36-3)18(9-13)37-4/h5-10,12H,1-4H3,(H,33,35). The second-order valence-corrected chi connectivity index (χ2v) is 8.31. The van der Waals surface area contributed by atoms with E-state index >= 15 is 0 Å². The predicted molar refractivity (Wildman–Crippen MR) is 129 cm³/mol. The highest BCUT2D eigenvalue weighted by atomic mass is 19.2. The summed E-state index contributed by atoms with van der Waals surface area (Å²) >= 11 is 0. The molecule has 1 amide bonds. The summed E-state index contributed by atoms with van der Waals surface area (Å²) in [4.78, 5) is 25.7. The van der Waals surface area contributed by atoms with Crippen LogP contribution in [-0.2, 0) is 4.79 Å². The Kier molecular flexibility index (Phi) is 7.48. The monoisotopic (exact) mass is 549 g/mol. The maximum absolute atomic E-state index is 13.9. The van der Waals surface area contributed by atoms with Crippen molar-refractivity contribution in [2.24, 2.45) is 0 Å². The molecule has 0 aliphatic heterocycles. The van der Waals surface area contributed by atoms with Crippen molar-refractivity contribution >= 4 is 28.3 Å². The van der Waals surface area contributed by atoms with Gasteiger partial charge in [0.2, 0.25) is 34.9 Å². The molecule has 7 nitrogen and oxygen atoms in total. The summed E-state index contributed by atoms with van der Waals surface area (Å²) in [5, 5.41) is 2.91. The number of furan rings is 1. The maximum Gasteiger partial charge on any atom is 0.265 e. The zero-order valence-electron chi connectivity index (χ0n) is 20.9. The quantitative estimate of drug-likeness (QED) is 0.124. The van der Waals surface area contributed by atoms with Crippen molar-refractivity contribution in [3.8, 4) is 17.2 Å². The number of aryl methyl sites for hydroxylation is 1. The number of ketones is 1. The lowest BCUT2D eigenvalue weighted by molar-refractivity contribution is -0.122. The first-order chi connectivity index (χ1) is 18.5. The lowest BCUT2D eigenvalue weighted by Crippen LogP contribution is -2.31. The Morgan fingerprint density at radius 2 is 1.46 bits per heavy atom. The third-order valence-corrected chi connectivity index (χ3v) is 5.89. The Morgan fingerprint density at radius 1 is 0.846 bits per heavy atom. The number of carbonyl (C=O) groups is 2. The normalized spacial score (nSPS) is 11.8. The molecule has 0 aliphatic carbocycles. The van der Waals surface area contributed by atoms with Crippen LogP contribution in [0.15, 0.2) is 40.8 Å². The van der Waals surface area contributed by atoms with E-state index in [1.54, 1.807) is 19.1 Å². The summed E-state index contributed by atoms with van der Waals surface area (Å²) in [6.07, 6.45) is -1.65. The number of benzene rings is 3. The van der Waals surface area contributed by atoms with Crippen LogP contribution < -0.4 is 19.5 Å². The van der Waals surface area contributed by atoms with Gasteiger partial charge in [-0.2, -0.15) is 8.78 Å². The Hall–Kier alpha value is -4.61. The number of ether oxygens (including phenoxy) is 3. The summed E-state index contributed by atoms with van der Waals surface area (Å²) in [5.74, 6) is -13.3. The zero-order chi connectivity index (χ0) is 28.6. The number of amides is 1. The van der Waals surface area contributed by atoms with Crippen molar-refractivity contribution in [1.82, 2.24) is 0 Å². The predicted octanol–water partition coefficient (Wildman–Crippen LogP) is 6.09. The molecule has 0 saturated carbocycles. The summed E-state index contributed by atoms with van der Waals surface area (Å²) in [7, 11) is 2.90. The fraction of sp³-hybridized carbons (Fsp3) is 0.185. The van der Waals surface area contributed by atoms with E-state index in [9.17, 15) is 31.5 Å². The molecule has 1 atom stereocenters. The average Bonchev–Trinajstić information content (AvgIpc) is 3.27. The van der Waals surface area contributed by atoms with Gasteiger partial charge >= 0.3 is 0 Å². The lowest BCUT2D eigenvalue weighted by Gasteiger charge is -2.16. The molecule has 0 radical (unpaired) electrons. The molecule has 1 unspecified atom stereocenters. The van der Waals surface area contributed by atoms with Crippen LogP contribution in [0.25, 0.3) is 11.0 Å². The number of hydrogen-bond acceptors (Lipinski definition) is 6. The third-order valence-electron chi connectivity index (χ3n) is 5.89. The van der Waals surface area contributed by atoms with Gasteiger partial charge in [0.05, 0.1) is 14.2 Å². The van der Waals surface area contributed by atoms with Gasteiger partial charge in [-0.15, -0.1) is 0 Å². The first-order valence-corrected chi connectivity index (χ1v) is 11.3. The molecule has 204 valence electrons. The number of fused-ring (bicyclic) bond motifs is 1. The van der Waals surface area contributed by atoms with E-state index in [1.165, 1.54) is 38.5 Å². The van der Waals surface area contributed by atoms with Crippen LogP contribution in [0.1, 0.15) is 28.6 Å². The first-order valence-electron chi connectivity index (χ1n) is 11.3. The molecule has 4 rings (SSSR count). The summed E-state index contributed by atoms with van der Waals surface area (Å²) in [5.41, 5.74) is 1.27. The van der Waals surface area contributed by atoms with Crippen LogP contribution in [0.2, 0.25) is 0 Å². The van der Waals surface area contributed by atoms with Crippen molar-refractivity contribution in [3.63, 3.8) is 0 Å². The number of halogens is 5. The molecule has 4 aromatic rings. The van der Waals surface area contributed by atoms with Crippen molar-refractivity contribution in [1.29, 1.82) is 0 Å². The van der Waals surface area contributed by atoms with Gasteiger partial charge in [-0.05, 0) is 50.2 Å². The van der Waals surface area contributed by atoms with E-state index in [-0.39, 0.29) is 17.0 Å². The van der Waals surface area contributed by atoms with Gasteiger partial charge in [-0.25, -0.2) is 13.2 Å². The van der Waals surface area contributed by atoms with Crippen molar-refractivity contribution in [3.05, 3.63) is 82.4 Å². The number of nitrogens with one attached hydrogen (secondary N) is 1. The number of methoxy groups -OCH3 is 2. The molecule has 39 heavy (non-hydrogen) atoms. The van der Waals surface area contributed by atoms with Gasteiger partial charge in [-0.3, -0.25) is 9.59 Å². The number of rotatable bonds is 8. The number of anilines is 1. The van der Waals surface area contributed by atoms with Crippen LogP contribution in [0.3, 0.4) is 0 Å². The molecule has 0 spiro atoms. The second kappa shape index (κ2) is 10.6. The minimum absolute atomic E-state index is 0.0451. The summed E-state index contributed by atoms with van der Waals surface area (Å²) in [6, 6.07) is 9.03. The Bertz CT molecular complexity index is 1590. The topological polar surface area (TPSA) is 87.0 Å². The summed E-state index contributed by atoms with van der Waals surface area (Å²) in [6.45, 7) is 2.70. The third kappa shape index (κ3) is 4.97. The fourth-order valence-electron chi connectivity index (χ4n) is 3.79. The van der Waals surface area contributed by atoms with Crippen LogP contribution in [0.4, 0.5) is 27.6 Å². The van der Waals surface area contributed by atoms with E-state index < -0.39 is 52.6 Å². The van der Waals surface area contributed by atoms with E-state index in [0.29, 0.717) is 28.0 Å². The van der Waals surface area contributed by atoms with Gasteiger partial charge in [0.15, 0.2) is 29.1 Å². The SMILES string of the molecule is COc1ccc(C(=O)c2oc3ccc(NC(=O)C(C)Oc4c(F)c(F)c(F)c(F)c4F)cc3c2C)cc1OC.